The van der Waals surface area contributed by atoms with Crippen LogP contribution in [-0.2, 0) is 0 Å². The molecule has 2 aromatic rings. The van der Waals surface area contributed by atoms with Crippen LogP contribution in [0.3, 0.4) is 0 Å². The van der Waals surface area contributed by atoms with E-state index in [0.29, 0.717) is 12.4 Å². The summed E-state index contributed by atoms with van der Waals surface area (Å²) in [5.74, 6) is 0.688. The molecule has 1 saturated heterocycles. The number of likely N-dealkylation sites (tertiary alicyclic amines) is 1. The van der Waals surface area contributed by atoms with E-state index in [4.69, 9.17) is 4.74 Å². The number of para-hydroxylation sites is 1. The molecule has 0 aliphatic carbocycles. The SMILES string of the molecule is O=c1cc(OCCCN2CCCCC2)c2ccccc2[nH]1. The van der Waals surface area contributed by atoms with Gasteiger partial charge in [-0.15, -0.1) is 0 Å². The Morgan fingerprint density at radius 3 is 2.81 bits per heavy atom. The molecule has 1 aromatic carbocycles. The number of rotatable bonds is 5. The molecule has 0 bridgehead atoms. The van der Waals surface area contributed by atoms with Crippen molar-refractivity contribution in [1.29, 1.82) is 0 Å². The second-order valence-corrected chi connectivity index (χ2v) is 5.65. The number of aromatic nitrogens is 1. The van der Waals surface area contributed by atoms with Crippen LogP contribution >= 0.6 is 0 Å². The number of hydrogen-bond donors (Lipinski definition) is 1. The van der Waals surface area contributed by atoms with Gasteiger partial charge in [0.25, 0.3) is 5.56 Å². The van der Waals surface area contributed by atoms with E-state index in [1.807, 2.05) is 24.3 Å². The van der Waals surface area contributed by atoms with Gasteiger partial charge in [-0.05, 0) is 44.5 Å². The number of benzene rings is 1. The molecule has 0 unspecified atom stereocenters. The average molecular weight is 286 g/mol. The standard InChI is InChI=1S/C17H22N2O2/c20-17-13-16(14-7-2-3-8-15(14)18-17)21-12-6-11-19-9-4-1-5-10-19/h2-3,7-8,13H,1,4-6,9-12H2,(H,18,20). The molecule has 21 heavy (non-hydrogen) atoms. The highest BCUT2D eigenvalue weighted by atomic mass is 16.5. The summed E-state index contributed by atoms with van der Waals surface area (Å²) in [5, 5.41) is 0.968. The molecule has 4 heteroatoms. The molecule has 0 atom stereocenters. The van der Waals surface area contributed by atoms with Crippen molar-refractivity contribution in [3.63, 3.8) is 0 Å². The fourth-order valence-electron chi connectivity index (χ4n) is 2.95. The molecule has 2 heterocycles. The number of piperidine rings is 1. The number of H-pyrrole nitrogens is 1. The van der Waals surface area contributed by atoms with Gasteiger partial charge in [-0.3, -0.25) is 4.79 Å². The Balaban J connectivity index is 1.58. The van der Waals surface area contributed by atoms with Crippen molar-refractivity contribution in [2.24, 2.45) is 0 Å². The molecule has 0 spiro atoms. The lowest BCUT2D eigenvalue weighted by atomic mass is 10.1. The van der Waals surface area contributed by atoms with Gasteiger partial charge in [-0.25, -0.2) is 0 Å². The first-order valence-electron chi connectivity index (χ1n) is 7.80. The van der Waals surface area contributed by atoms with Crippen LogP contribution in [0, 0.1) is 0 Å². The first-order valence-corrected chi connectivity index (χ1v) is 7.80. The van der Waals surface area contributed by atoms with Crippen LogP contribution in [0.2, 0.25) is 0 Å². The van der Waals surface area contributed by atoms with E-state index in [-0.39, 0.29) is 5.56 Å². The first kappa shape index (κ1) is 14.1. The zero-order chi connectivity index (χ0) is 14.5. The molecule has 1 N–H and O–H groups in total. The molecule has 1 aromatic heterocycles. The van der Waals surface area contributed by atoms with Crippen molar-refractivity contribution in [3.05, 3.63) is 40.7 Å². The topological polar surface area (TPSA) is 45.3 Å². The van der Waals surface area contributed by atoms with Crippen LogP contribution in [0.4, 0.5) is 0 Å². The van der Waals surface area contributed by atoms with Gasteiger partial charge in [0.05, 0.1) is 12.1 Å². The molecule has 1 aliphatic rings. The van der Waals surface area contributed by atoms with E-state index in [1.165, 1.54) is 32.4 Å². The minimum Gasteiger partial charge on any atom is -0.493 e. The second kappa shape index (κ2) is 6.76. The van der Waals surface area contributed by atoms with Gasteiger partial charge in [0.15, 0.2) is 0 Å². The Morgan fingerprint density at radius 1 is 1.14 bits per heavy atom. The van der Waals surface area contributed by atoms with Crippen molar-refractivity contribution in [2.75, 3.05) is 26.2 Å². The predicted molar refractivity (Wildman–Crippen MR) is 85.0 cm³/mol. The predicted octanol–water partition coefficient (Wildman–Crippen LogP) is 2.78. The largest absolute Gasteiger partial charge is 0.493 e. The third-order valence-electron chi connectivity index (χ3n) is 4.04. The van der Waals surface area contributed by atoms with Crippen LogP contribution in [0.15, 0.2) is 35.1 Å². The third-order valence-corrected chi connectivity index (χ3v) is 4.04. The average Bonchev–Trinajstić information content (AvgIpc) is 2.52. The quantitative estimate of drug-likeness (QED) is 0.860. The van der Waals surface area contributed by atoms with Gasteiger partial charge in [-0.1, -0.05) is 18.6 Å². The molecule has 1 fully saturated rings. The Bertz CT molecular complexity index is 645. The molecule has 0 saturated carbocycles. The van der Waals surface area contributed by atoms with E-state index in [9.17, 15) is 4.79 Å². The van der Waals surface area contributed by atoms with Crippen molar-refractivity contribution in [2.45, 2.75) is 25.7 Å². The summed E-state index contributed by atoms with van der Waals surface area (Å²) in [6, 6.07) is 9.30. The van der Waals surface area contributed by atoms with Crippen molar-refractivity contribution < 1.29 is 4.74 Å². The van der Waals surface area contributed by atoms with E-state index in [0.717, 1.165) is 23.9 Å². The molecular formula is C17H22N2O2. The van der Waals surface area contributed by atoms with Crippen LogP contribution in [0.25, 0.3) is 10.9 Å². The summed E-state index contributed by atoms with van der Waals surface area (Å²) in [6.07, 6.45) is 5.01. The number of ether oxygens (including phenoxy) is 1. The van der Waals surface area contributed by atoms with Crippen molar-refractivity contribution in [3.8, 4) is 5.75 Å². The summed E-state index contributed by atoms with van der Waals surface area (Å²) in [4.78, 5) is 17.0. The summed E-state index contributed by atoms with van der Waals surface area (Å²) >= 11 is 0. The van der Waals surface area contributed by atoms with Crippen LogP contribution in [0.1, 0.15) is 25.7 Å². The lowest BCUT2D eigenvalue weighted by Gasteiger charge is -2.26. The van der Waals surface area contributed by atoms with Crippen LogP contribution in [0.5, 0.6) is 5.75 Å². The van der Waals surface area contributed by atoms with Crippen LogP contribution in [-0.4, -0.2) is 36.1 Å². The fraction of sp³-hybridized carbons (Fsp3) is 0.471. The minimum absolute atomic E-state index is 0.111. The zero-order valence-corrected chi connectivity index (χ0v) is 12.3. The monoisotopic (exact) mass is 286 g/mol. The maximum Gasteiger partial charge on any atom is 0.252 e. The van der Waals surface area contributed by atoms with Gasteiger partial charge in [-0.2, -0.15) is 0 Å². The van der Waals surface area contributed by atoms with Crippen molar-refractivity contribution in [1.82, 2.24) is 9.88 Å². The number of pyridine rings is 1. The molecule has 0 radical (unpaired) electrons. The highest BCUT2D eigenvalue weighted by Crippen LogP contribution is 2.21. The van der Waals surface area contributed by atoms with Gasteiger partial charge < -0.3 is 14.6 Å². The lowest BCUT2D eigenvalue weighted by molar-refractivity contribution is 0.205. The summed E-state index contributed by atoms with van der Waals surface area (Å²) in [6.45, 7) is 4.17. The van der Waals surface area contributed by atoms with E-state index >= 15 is 0 Å². The summed E-state index contributed by atoms with van der Waals surface area (Å²) in [7, 11) is 0. The molecule has 112 valence electrons. The Hall–Kier alpha value is -1.81. The number of nitrogens with one attached hydrogen (secondary N) is 1. The molecular weight excluding hydrogens is 264 g/mol. The van der Waals surface area contributed by atoms with Gasteiger partial charge in [0, 0.05) is 18.0 Å². The van der Waals surface area contributed by atoms with Crippen molar-refractivity contribution >= 4 is 10.9 Å². The Kier molecular flexibility index (Phi) is 4.55. The number of fused-ring (bicyclic) bond motifs is 1. The third kappa shape index (κ3) is 3.64. The zero-order valence-electron chi connectivity index (χ0n) is 12.3. The lowest BCUT2D eigenvalue weighted by Crippen LogP contribution is -2.31. The summed E-state index contributed by atoms with van der Waals surface area (Å²) in [5.41, 5.74) is 0.718. The molecule has 4 nitrogen and oxygen atoms in total. The van der Waals surface area contributed by atoms with Gasteiger partial charge in [0.2, 0.25) is 0 Å². The first-order chi connectivity index (χ1) is 10.3. The van der Waals surface area contributed by atoms with E-state index in [2.05, 4.69) is 9.88 Å². The Labute approximate surface area is 124 Å². The van der Waals surface area contributed by atoms with E-state index < -0.39 is 0 Å². The molecule has 0 amide bonds. The number of aromatic amines is 1. The maximum absolute atomic E-state index is 11.6. The Morgan fingerprint density at radius 2 is 1.95 bits per heavy atom. The number of hydrogen-bond acceptors (Lipinski definition) is 3. The highest BCUT2D eigenvalue weighted by Gasteiger charge is 2.09. The minimum atomic E-state index is -0.111. The fourth-order valence-corrected chi connectivity index (χ4v) is 2.95. The second-order valence-electron chi connectivity index (χ2n) is 5.65. The van der Waals surface area contributed by atoms with Crippen LogP contribution < -0.4 is 10.3 Å². The smallest absolute Gasteiger partial charge is 0.252 e. The van der Waals surface area contributed by atoms with Gasteiger partial charge >= 0.3 is 0 Å². The molecule has 1 aliphatic heterocycles. The van der Waals surface area contributed by atoms with E-state index in [1.54, 1.807) is 6.07 Å². The normalized spacial score (nSPS) is 16.2. The summed E-state index contributed by atoms with van der Waals surface area (Å²) < 4.78 is 5.84. The molecule has 3 rings (SSSR count). The number of nitrogens with zero attached hydrogens (tertiary/aromatic N) is 1. The highest BCUT2D eigenvalue weighted by molar-refractivity contribution is 5.84. The van der Waals surface area contributed by atoms with Gasteiger partial charge in [0.1, 0.15) is 5.75 Å². The maximum atomic E-state index is 11.6.